The molecule has 4 rings (SSSR count). The molecule has 1 aliphatic heterocycles. The van der Waals surface area contributed by atoms with Crippen LogP contribution in [-0.4, -0.2) is 49.9 Å². The van der Waals surface area contributed by atoms with Crippen molar-refractivity contribution >= 4 is 27.9 Å². The molecule has 6 nitrogen and oxygen atoms in total. The summed E-state index contributed by atoms with van der Waals surface area (Å²) < 4.78 is 7.40. The molecule has 2 aromatic heterocycles. The average Bonchev–Trinajstić information content (AvgIpc) is 3.07. The molecule has 0 radical (unpaired) electrons. The predicted octanol–water partition coefficient (Wildman–Crippen LogP) is 3.66. The van der Waals surface area contributed by atoms with Crippen molar-refractivity contribution in [2.45, 2.75) is 39.0 Å². The van der Waals surface area contributed by atoms with Gasteiger partial charge < -0.3 is 9.84 Å². The summed E-state index contributed by atoms with van der Waals surface area (Å²) in [6.45, 7) is 7.46. The Labute approximate surface area is 161 Å². The van der Waals surface area contributed by atoms with Gasteiger partial charge >= 0.3 is 0 Å². The number of aromatic hydroxyl groups is 1. The first-order valence-electron chi connectivity index (χ1n) is 8.63. The minimum absolute atomic E-state index is 0.107. The van der Waals surface area contributed by atoms with Crippen LogP contribution in [-0.2, 0) is 4.74 Å². The van der Waals surface area contributed by atoms with E-state index in [2.05, 4.69) is 28.8 Å². The van der Waals surface area contributed by atoms with Gasteiger partial charge in [-0.15, -0.1) is 5.10 Å². The molecule has 1 saturated heterocycles. The standard InChI is InChI=1S/C18H21ClN4O2S/c1-10-8-22(9-11(2)25-10)15(13-6-4-5-7-14(13)19)16-17(24)23-18(26-16)20-12(3)21-23/h4-7,10-11,15,24H,8-9H2,1-3H3. The molecule has 0 aliphatic carbocycles. The van der Waals surface area contributed by atoms with Crippen molar-refractivity contribution in [3.8, 4) is 5.88 Å². The number of aryl methyl sites for hydroxylation is 1. The number of rotatable bonds is 3. The Bertz CT molecular complexity index is 931. The Morgan fingerprint density at radius 1 is 1.27 bits per heavy atom. The maximum atomic E-state index is 10.9. The van der Waals surface area contributed by atoms with Gasteiger partial charge in [-0.05, 0) is 32.4 Å². The summed E-state index contributed by atoms with van der Waals surface area (Å²) in [6.07, 6.45) is 0.214. The number of hydrogen-bond acceptors (Lipinski definition) is 6. The molecule has 3 heterocycles. The maximum Gasteiger partial charge on any atom is 0.230 e. The fourth-order valence-electron chi connectivity index (χ4n) is 3.66. The van der Waals surface area contributed by atoms with Crippen LogP contribution in [0.3, 0.4) is 0 Å². The molecule has 0 spiro atoms. The zero-order valence-corrected chi connectivity index (χ0v) is 16.5. The molecular weight excluding hydrogens is 372 g/mol. The first-order valence-corrected chi connectivity index (χ1v) is 9.82. The lowest BCUT2D eigenvalue weighted by Crippen LogP contribution is -2.47. The monoisotopic (exact) mass is 392 g/mol. The molecular formula is C18H21ClN4O2S. The van der Waals surface area contributed by atoms with Crippen LogP contribution >= 0.6 is 22.9 Å². The first kappa shape index (κ1) is 17.7. The van der Waals surface area contributed by atoms with Crippen LogP contribution in [0.25, 0.3) is 4.96 Å². The summed E-state index contributed by atoms with van der Waals surface area (Å²) in [6, 6.07) is 7.61. The van der Waals surface area contributed by atoms with Gasteiger partial charge in [0.15, 0.2) is 0 Å². The summed E-state index contributed by atoms with van der Waals surface area (Å²) in [5, 5.41) is 15.8. The van der Waals surface area contributed by atoms with Crippen molar-refractivity contribution in [1.82, 2.24) is 19.5 Å². The van der Waals surface area contributed by atoms with Crippen molar-refractivity contribution < 1.29 is 9.84 Å². The number of nitrogens with zero attached hydrogens (tertiary/aromatic N) is 4. The van der Waals surface area contributed by atoms with Gasteiger partial charge in [0.2, 0.25) is 10.8 Å². The number of aromatic nitrogens is 3. The van der Waals surface area contributed by atoms with E-state index in [1.165, 1.54) is 15.9 Å². The van der Waals surface area contributed by atoms with Gasteiger partial charge in [-0.25, -0.2) is 4.98 Å². The van der Waals surface area contributed by atoms with Gasteiger partial charge in [-0.2, -0.15) is 4.52 Å². The van der Waals surface area contributed by atoms with Crippen LogP contribution in [0.4, 0.5) is 0 Å². The Morgan fingerprint density at radius 3 is 2.62 bits per heavy atom. The number of benzene rings is 1. The molecule has 3 aromatic rings. The van der Waals surface area contributed by atoms with Crippen LogP contribution in [0, 0.1) is 6.92 Å². The number of morpholine rings is 1. The Balaban J connectivity index is 1.85. The van der Waals surface area contributed by atoms with Crippen molar-refractivity contribution in [2.24, 2.45) is 0 Å². The first-order chi connectivity index (χ1) is 12.4. The lowest BCUT2D eigenvalue weighted by molar-refractivity contribution is -0.0764. The minimum Gasteiger partial charge on any atom is -0.492 e. The SMILES string of the molecule is Cc1nc2sc(C(c3ccccc3Cl)N3CC(C)OC(C)C3)c(O)n2n1. The molecule has 1 aromatic carbocycles. The van der Waals surface area contributed by atoms with E-state index in [1.54, 1.807) is 0 Å². The highest BCUT2D eigenvalue weighted by Crippen LogP contribution is 2.42. The highest BCUT2D eigenvalue weighted by atomic mass is 35.5. The highest BCUT2D eigenvalue weighted by molar-refractivity contribution is 7.17. The Kier molecular flexibility index (Phi) is 4.64. The summed E-state index contributed by atoms with van der Waals surface area (Å²) >= 11 is 7.99. The quantitative estimate of drug-likeness (QED) is 0.737. The lowest BCUT2D eigenvalue weighted by Gasteiger charge is -2.40. The molecule has 0 amide bonds. The summed E-state index contributed by atoms with van der Waals surface area (Å²) in [5.41, 5.74) is 0.965. The third-order valence-corrected chi connectivity index (χ3v) is 5.98. The summed E-state index contributed by atoms with van der Waals surface area (Å²) in [4.78, 5) is 8.20. The molecule has 1 aliphatic rings. The van der Waals surface area contributed by atoms with Gasteiger partial charge in [0.25, 0.3) is 0 Å². The van der Waals surface area contributed by atoms with E-state index in [-0.39, 0.29) is 24.1 Å². The van der Waals surface area contributed by atoms with Gasteiger partial charge in [0.05, 0.1) is 23.1 Å². The molecule has 1 N–H and O–H groups in total. The molecule has 0 saturated carbocycles. The second-order valence-corrected chi connectivity index (χ2v) is 8.19. The van der Waals surface area contributed by atoms with Gasteiger partial charge in [-0.1, -0.05) is 41.1 Å². The zero-order valence-electron chi connectivity index (χ0n) is 14.9. The molecule has 138 valence electrons. The predicted molar refractivity (Wildman–Crippen MR) is 102 cm³/mol. The van der Waals surface area contributed by atoms with Crippen molar-refractivity contribution in [2.75, 3.05) is 13.1 Å². The van der Waals surface area contributed by atoms with E-state index in [0.29, 0.717) is 15.8 Å². The summed E-state index contributed by atoms with van der Waals surface area (Å²) in [7, 11) is 0. The number of hydrogen-bond donors (Lipinski definition) is 1. The van der Waals surface area contributed by atoms with Crippen LogP contribution in [0.5, 0.6) is 5.88 Å². The Hall–Kier alpha value is -1.67. The minimum atomic E-state index is -0.175. The van der Waals surface area contributed by atoms with E-state index >= 15 is 0 Å². The van der Waals surface area contributed by atoms with E-state index in [4.69, 9.17) is 16.3 Å². The number of ether oxygens (including phenoxy) is 1. The number of halogens is 1. The summed E-state index contributed by atoms with van der Waals surface area (Å²) in [5.74, 6) is 0.767. The van der Waals surface area contributed by atoms with Crippen LogP contribution in [0.2, 0.25) is 5.02 Å². The van der Waals surface area contributed by atoms with Crippen molar-refractivity contribution in [3.63, 3.8) is 0 Å². The maximum absolute atomic E-state index is 10.9. The molecule has 1 fully saturated rings. The van der Waals surface area contributed by atoms with Crippen molar-refractivity contribution in [1.29, 1.82) is 0 Å². The van der Waals surface area contributed by atoms with E-state index < -0.39 is 0 Å². The fraction of sp³-hybridized carbons (Fsp3) is 0.444. The normalized spacial score (nSPS) is 22.8. The fourth-order valence-corrected chi connectivity index (χ4v) is 5.05. The topological polar surface area (TPSA) is 62.9 Å². The van der Waals surface area contributed by atoms with Gasteiger partial charge in [-0.3, -0.25) is 4.90 Å². The largest absolute Gasteiger partial charge is 0.492 e. The number of fused-ring (bicyclic) bond motifs is 1. The third kappa shape index (κ3) is 3.09. The second-order valence-electron chi connectivity index (χ2n) is 6.78. The van der Waals surface area contributed by atoms with Gasteiger partial charge in [0.1, 0.15) is 5.82 Å². The average molecular weight is 393 g/mol. The number of thiazole rings is 1. The van der Waals surface area contributed by atoms with E-state index in [0.717, 1.165) is 23.5 Å². The van der Waals surface area contributed by atoms with Crippen LogP contribution in [0.1, 0.15) is 36.2 Å². The smallest absolute Gasteiger partial charge is 0.230 e. The second kappa shape index (κ2) is 6.81. The highest BCUT2D eigenvalue weighted by Gasteiger charge is 2.34. The molecule has 8 heteroatoms. The van der Waals surface area contributed by atoms with Crippen LogP contribution < -0.4 is 0 Å². The Morgan fingerprint density at radius 2 is 1.96 bits per heavy atom. The molecule has 3 unspecified atom stereocenters. The van der Waals surface area contributed by atoms with E-state index in [9.17, 15) is 5.11 Å². The molecule has 26 heavy (non-hydrogen) atoms. The van der Waals surface area contributed by atoms with Crippen molar-refractivity contribution in [3.05, 3.63) is 45.6 Å². The molecule has 0 bridgehead atoms. The van der Waals surface area contributed by atoms with Gasteiger partial charge in [0, 0.05) is 18.1 Å². The third-order valence-electron chi connectivity index (χ3n) is 4.57. The molecule has 3 atom stereocenters. The van der Waals surface area contributed by atoms with E-state index in [1.807, 2.05) is 31.2 Å². The van der Waals surface area contributed by atoms with Crippen LogP contribution in [0.15, 0.2) is 24.3 Å². The zero-order chi connectivity index (χ0) is 18.4. The lowest BCUT2D eigenvalue weighted by atomic mass is 10.0.